The lowest BCUT2D eigenvalue weighted by Gasteiger charge is -2.23. The van der Waals surface area contributed by atoms with Gasteiger partial charge in [0.05, 0.1) is 11.8 Å². The van der Waals surface area contributed by atoms with Gasteiger partial charge in [-0.15, -0.1) is 0 Å². The molecule has 0 amide bonds. The molecule has 1 aliphatic rings. The molecule has 102 valence electrons. The molecule has 2 nitrogen and oxygen atoms in total. The number of nitrogens with zero attached hydrogens (tertiary/aromatic N) is 1. The smallest absolute Gasteiger partial charge is 0.0994 e. The first-order valence-corrected chi connectivity index (χ1v) is 7.26. The van der Waals surface area contributed by atoms with E-state index in [1.54, 1.807) is 0 Å². The first-order chi connectivity index (χ1) is 8.68. The summed E-state index contributed by atoms with van der Waals surface area (Å²) in [6.07, 6.45) is 5.83. The summed E-state index contributed by atoms with van der Waals surface area (Å²) < 4.78 is 5.76. The quantitative estimate of drug-likeness (QED) is 0.752. The third kappa shape index (κ3) is 3.81. The van der Waals surface area contributed by atoms with Crippen LogP contribution in [0.15, 0.2) is 12.3 Å². The molecule has 1 aliphatic heterocycles. The molecule has 1 atom stereocenters. The van der Waals surface area contributed by atoms with E-state index >= 15 is 0 Å². The highest BCUT2D eigenvalue weighted by molar-refractivity contribution is 5.28. The van der Waals surface area contributed by atoms with Crippen molar-refractivity contribution >= 4 is 0 Å². The Bertz CT molecular complexity index is 354. The minimum absolute atomic E-state index is 0.230. The minimum atomic E-state index is 0.230. The van der Waals surface area contributed by atoms with Gasteiger partial charge in [0.15, 0.2) is 0 Å². The zero-order valence-electron chi connectivity index (χ0n) is 12.5. The number of aromatic nitrogens is 1. The molecular formula is C16H27NO. The second kappa shape index (κ2) is 7.52. The third-order valence-electron chi connectivity index (χ3n) is 3.30. The molecule has 1 saturated heterocycles. The highest BCUT2D eigenvalue weighted by Gasteiger charge is 2.18. The highest BCUT2D eigenvalue weighted by atomic mass is 16.5. The molecule has 2 heterocycles. The topological polar surface area (TPSA) is 22.1 Å². The Kier molecular flexibility index (Phi) is 6.34. The monoisotopic (exact) mass is 249 g/mol. The maximum absolute atomic E-state index is 5.76. The van der Waals surface area contributed by atoms with Crippen molar-refractivity contribution in [2.24, 2.45) is 0 Å². The van der Waals surface area contributed by atoms with Crippen LogP contribution in [0.5, 0.6) is 0 Å². The number of hydrogen-bond acceptors (Lipinski definition) is 2. The van der Waals surface area contributed by atoms with Crippen molar-refractivity contribution in [3.63, 3.8) is 0 Å². The molecular weight excluding hydrogens is 222 g/mol. The maximum atomic E-state index is 5.76. The predicted molar refractivity (Wildman–Crippen MR) is 77.0 cm³/mol. The van der Waals surface area contributed by atoms with Gasteiger partial charge in [-0.2, -0.15) is 0 Å². The number of hydrogen-bond donors (Lipinski definition) is 0. The fraction of sp³-hybridized carbons (Fsp3) is 0.688. The highest BCUT2D eigenvalue weighted by Crippen LogP contribution is 2.28. The lowest BCUT2D eigenvalue weighted by atomic mass is 9.98. The zero-order valence-corrected chi connectivity index (χ0v) is 12.5. The first kappa shape index (κ1) is 15.2. The van der Waals surface area contributed by atoms with Crippen LogP contribution >= 0.6 is 0 Å². The van der Waals surface area contributed by atoms with Crippen molar-refractivity contribution in [1.82, 2.24) is 4.98 Å². The Hall–Kier alpha value is -0.890. The SMILES string of the molecule is CC.Cc1cc(C2CCCCO2)ncc1C(C)C. The van der Waals surface area contributed by atoms with Crippen LogP contribution in [0, 0.1) is 6.92 Å². The lowest BCUT2D eigenvalue weighted by molar-refractivity contribution is 0.0122. The number of aryl methyl sites for hydroxylation is 1. The summed E-state index contributed by atoms with van der Waals surface area (Å²) in [4.78, 5) is 4.56. The summed E-state index contributed by atoms with van der Waals surface area (Å²) >= 11 is 0. The van der Waals surface area contributed by atoms with Crippen LogP contribution in [0.2, 0.25) is 0 Å². The second-order valence-corrected chi connectivity index (χ2v) is 4.98. The Morgan fingerprint density at radius 1 is 1.28 bits per heavy atom. The van der Waals surface area contributed by atoms with E-state index in [0.29, 0.717) is 5.92 Å². The number of rotatable bonds is 2. The summed E-state index contributed by atoms with van der Waals surface area (Å²) in [6.45, 7) is 11.5. The zero-order chi connectivity index (χ0) is 13.5. The van der Waals surface area contributed by atoms with Gasteiger partial charge in [0.25, 0.3) is 0 Å². The summed E-state index contributed by atoms with van der Waals surface area (Å²) in [6, 6.07) is 2.20. The third-order valence-corrected chi connectivity index (χ3v) is 3.30. The second-order valence-electron chi connectivity index (χ2n) is 4.98. The van der Waals surface area contributed by atoms with E-state index in [-0.39, 0.29) is 6.10 Å². The van der Waals surface area contributed by atoms with E-state index in [0.717, 1.165) is 18.7 Å². The Balaban J connectivity index is 0.000000771. The van der Waals surface area contributed by atoms with Crippen LogP contribution in [0.4, 0.5) is 0 Å². The average molecular weight is 249 g/mol. The fourth-order valence-electron chi connectivity index (χ4n) is 2.34. The fourth-order valence-corrected chi connectivity index (χ4v) is 2.34. The molecule has 0 radical (unpaired) electrons. The normalized spacial score (nSPS) is 19.3. The molecule has 0 aromatic carbocycles. The van der Waals surface area contributed by atoms with Crippen LogP contribution in [0.3, 0.4) is 0 Å². The molecule has 1 aromatic heterocycles. The van der Waals surface area contributed by atoms with Gasteiger partial charge in [0.1, 0.15) is 0 Å². The van der Waals surface area contributed by atoms with Crippen molar-refractivity contribution in [1.29, 1.82) is 0 Å². The molecule has 0 aliphatic carbocycles. The van der Waals surface area contributed by atoms with Crippen molar-refractivity contribution in [2.45, 2.75) is 65.9 Å². The van der Waals surface area contributed by atoms with Crippen LogP contribution in [0.25, 0.3) is 0 Å². The van der Waals surface area contributed by atoms with Crippen molar-refractivity contribution < 1.29 is 4.74 Å². The van der Waals surface area contributed by atoms with Gasteiger partial charge >= 0.3 is 0 Å². The van der Waals surface area contributed by atoms with Crippen molar-refractivity contribution in [2.75, 3.05) is 6.61 Å². The molecule has 0 bridgehead atoms. The van der Waals surface area contributed by atoms with E-state index < -0.39 is 0 Å². The summed E-state index contributed by atoms with van der Waals surface area (Å²) in [7, 11) is 0. The van der Waals surface area contributed by atoms with Crippen LogP contribution in [0.1, 0.15) is 75.8 Å². The molecule has 18 heavy (non-hydrogen) atoms. The number of pyridine rings is 1. The van der Waals surface area contributed by atoms with Gasteiger partial charge in [-0.3, -0.25) is 4.98 Å². The van der Waals surface area contributed by atoms with E-state index in [4.69, 9.17) is 4.74 Å². The maximum Gasteiger partial charge on any atom is 0.0994 e. The van der Waals surface area contributed by atoms with E-state index in [1.807, 2.05) is 20.0 Å². The first-order valence-electron chi connectivity index (χ1n) is 7.26. The van der Waals surface area contributed by atoms with Gasteiger partial charge in [-0.05, 0) is 49.3 Å². The average Bonchev–Trinajstić information content (AvgIpc) is 2.41. The van der Waals surface area contributed by atoms with E-state index in [2.05, 4.69) is 31.8 Å². The molecule has 1 aromatic rings. The van der Waals surface area contributed by atoms with Gasteiger partial charge in [0.2, 0.25) is 0 Å². The molecule has 0 saturated carbocycles. The molecule has 2 heteroatoms. The van der Waals surface area contributed by atoms with Gasteiger partial charge < -0.3 is 4.74 Å². The van der Waals surface area contributed by atoms with Crippen molar-refractivity contribution in [3.05, 3.63) is 29.1 Å². The molecule has 1 fully saturated rings. The summed E-state index contributed by atoms with van der Waals surface area (Å²) in [5.41, 5.74) is 3.80. The largest absolute Gasteiger partial charge is 0.372 e. The lowest BCUT2D eigenvalue weighted by Crippen LogP contribution is -2.13. The van der Waals surface area contributed by atoms with E-state index in [9.17, 15) is 0 Å². The van der Waals surface area contributed by atoms with Gasteiger partial charge in [-0.1, -0.05) is 27.7 Å². The van der Waals surface area contributed by atoms with Crippen LogP contribution in [-0.4, -0.2) is 11.6 Å². The molecule has 0 spiro atoms. The number of ether oxygens (including phenoxy) is 1. The summed E-state index contributed by atoms with van der Waals surface area (Å²) in [5.74, 6) is 0.550. The van der Waals surface area contributed by atoms with Gasteiger partial charge in [0, 0.05) is 12.8 Å². The van der Waals surface area contributed by atoms with Crippen LogP contribution in [-0.2, 0) is 4.74 Å². The Morgan fingerprint density at radius 2 is 2.00 bits per heavy atom. The van der Waals surface area contributed by atoms with Gasteiger partial charge in [-0.25, -0.2) is 0 Å². The van der Waals surface area contributed by atoms with E-state index in [1.165, 1.54) is 24.0 Å². The van der Waals surface area contributed by atoms with Crippen molar-refractivity contribution in [3.8, 4) is 0 Å². The van der Waals surface area contributed by atoms with Crippen LogP contribution < -0.4 is 0 Å². The summed E-state index contributed by atoms with van der Waals surface area (Å²) in [5, 5.41) is 0. The Morgan fingerprint density at radius 3 is 2.50 bits per heavy atom. The molecule has 2 rings (SSSR count). The standard InChI is InChI=1S/C14H21NO.C2H6/c1-10(2)12-9-15-13(8-11(12)3)14-6-4-5-7-16-14;1-2/h8-10,14H,4-7H2,1-3H3;1-2H3. The predicted octanol–water partition coefficient (Wildman–Crippen LogP) is 4.78. The molecule has 0 N–H and O–H groups in total. The minimum Gasteiger partial charge on any atom is -0.372 e. The molecule has 1 unspecified atom stereocenters. The Labute approximate surface area is 112 Å².